The molecule has 6 nitrogen and oxygen atoms in total. The third kappa shape index (κ3) is 3.46. The molecule has 0 unspecified atom stereocenters. The minimum atomic E-state index is -0.400. The van der Waals surface area contributed by atoms with Crippen LogP contribution in [0.3, 0.4) is 0 Å². The number of nitrogens with one attached hydrogen (secondary N) is 1. The van der Waals surface area contributed by atoms with E-state index in [4.69, 9.17) is 21.1 Å². The van der Waals surface area contributed by atoms with E-state index < -0.39 is 5.82 Å². The molecule has 1 N–H and O–H groups in total. The lowest BCUT2D eigenvalue weighted by molar-refractivity contribution is 0.102. The van der Waals surface area contributed by atoms with Crippen LogP contribution in [0.1, 0.15) is 21.6 Å². The molecule has 1 aliphatic rings. The first-order valence-corrected chi connectivity index (χ1v) is 8.57. The molecule has 3 aromatic rings. The summed E-state index contributed by atoms with van der Waals surface area (Å²) < 4.78 is 26.1. The summed E-state index contributed by atoms with van der Waals surface area (Å²) in [5, 5.41) is 7.39. The smallest absolute Gasteiger partial charge is 0.257 e. The Kier molecular flexibility index (Phi) is 4.45. The molecule has 0 aliphatic carbocycles. The van der Waals surface area contributed by atoms with Crippen LogP contribution in [0.5, 0.6) is 11.5 Å². The lowest BCUT2D eigenvalue weighted by Crippen LogP contribution is -2.13. The molecule has 138 valence electrons. The molecule has 2 heterocycles. The van der Waals surface area contributed by atoms with Gasteiger partial charge in [-0.2, -0.15) is 5.10 Å². The van der Waals surface area contributed by atoms with E-state index >= 15 is 0 Å². The zero-order valence-corrected chi connectivity index (χ0v) is 15.1. The molecule has 1 amide bonds. The van der Waals surface area contributed by atoms with E-state index in [1.54, 1.807) is 41.1 Å². The normalized spacial score (nSPS) is 12.3. The zero-order chi connectivity index (χ0) is 19.0. The summed E-state index contributed by atoms with van der Waals surface area (Å²) in [4.78, 5) is 12.5. The fraction of sp³-hybridized carbons (Fsp3) is 0.158. The number of hydrogen-bond donors (Lipinski definition) is 1. The van der Waals surface area contributed by atoms with Crippen molar-refractivity contribution in [1.82, 2.24) is 9.78 Å². The summed E-state index contributed by atoms with van der Waals surface area (Å²) in [6, 6.07) is 11.2. The Morgan fingerprint density at radius 1 is 1.26 bits per heavy atom. The van der Waals surface area contributed by atoms with Gasteiger partial charge in [-0.15, -0.1) is 0 Å². The van der Waals surface area contributed by atoms with Crippen LogP contribution in [0.15, 0.2) is 42.5 Å². The van der Waals surface area contributed by atoms with E-state index in [1.807, 2.05) is 6.92 Å². The molecule has 4 rings (SSSR count). The summed E-state index contributed by atoms with van der Waals surface area (Å²) in [5.74, 6) is 0.764. The van der Waals surface area contributed by atoms with Crippen LogP contribution in [0.25, 0.3) is 0 Å². The number of hydrogen-bond acceptors (Lipinski definition) is 4. The second-order valence-electron chi connectivity index (χ2n) is 6.05. The molecule has 0 saturated heterocycles. The fourth-order valence-corrected chi connectivity index (χ4v) is 3.01. The fourth-order valence-electron chi connectivity index (χ4n) is 2.79. The second kappa shape index (κ2) is 6.92. The predicted molar refractivity (Wildman–Crippen MR) is 98.0 cm³/mol. The molecule has 8 heteroatoms. The quantitative estimate of drug-likeness (QED) is 0.734. The minimum Gasteiger partial charge on any atom is -0.454 e. The van der Waals surface area contributed by atoms with Gasteiger partial charge in [-0.25, -0.2) is 4.39 Å². The maximum atomic E-state index is 14.0. The zero-order valence-electron chi connectivity index (χ0n) is 14.3. The Hall–Kier alpha value is -3.06. The van der Waals surface area contributed by atoms with Crippen molar-refractivity contribution in [3.8, 4) is 11.5 Å². The number of halogens is 2. The molecule has 1 aliphatic heterocycles. The minimum absolute atomic E-state index is 0.141. The van der Waals surface area contributed by atoms with Crippen molar-refractivity contribution in [3.05, 3.63) is 70.1 Å². The van der Waals surface area contributed by atoms with Crippen LogP contribution in [-0.2, 0) is 6.54 Å². The molecule has 1 aromatic heterocycles. The molecular formula is C19H15ClFN3O3. The standard InChI is InChI=1S/C19H15ClFN3O3/c1-11-7-18(23-24(11)9-13-14(20)3-2-4-15(13)21)22-19(25)12-5-6-16-17(8-12)27-10-26-16/h2-8H,9-10H2,1H3,(H,22,23,25). The van der Waals surface area contributed by atoms with Gasteiger partial charge in [0.1, 0.15) is 5.82 Å². The second-order valence-corrected chi connectivity index (χ2v) is 6.46. The average molecular weight is 388 g/mol. The summed E-state index contributed by atoms with van der Waals surface area (Å²) in [6.45, 7) is 2.12. The maximum Gasteiger partial charge on any atom is 0.257 e. The van der Waals surface area contributed by atoms with Crippen LogP contribution in [0, 0.1) is 12.7 Å². The van der Waals surface area contributed by atoms with Crippen LogP contribution in [0.4, 0.5) is 10.2 Å². The van der Waals surface area contributed by atoms with E-state index in [2.05, 4.69) is 10.4 Å². The van der Waals surface area contributed by atoms with Gasteiger partial charge in [0.15, 0.2) is 17.3 Å². The number of nitrogens with zero attached hydrogens (tertiary/aromatic N) is 2. The molecule has 0 spiro atoms. The van der Waals surface area contributed by atoms with Crippen molar-refractivity contribution in [2.75, 3.05) is 12.1 Å². The Bertz CT molecular complexity index is 1010. The summed E-state index contributed by atoms with van der Waals surface area (Å²) in [7, 11) is 0. The highest BCUT2D eigenvalue weighted by atomic mass is 35.5. The SMILES string of the molecule is Cc1cc(NC(=O)c2ccc3c(c2)OCO3)nn1Cc1c(F)cccc1Cl. The van der Waals surface area contributed by atoms with Crippen molar-refractivity contribution in [1.29, 1.82) is 0 Å². The van der Waals surface area contributed by atoms with Crippen LogP contribution in [0.2, 0.25) is 5.02 Å². The Morgan fingerprint density at radius 2 is 2.07 bits per heavy atom. The highest BCUT2D eigenvalue weighted by molar-refractivity contribution is 6.31. The Balaban J connectivity index is 1.52. The first kappa shape index (κ1) is 17.4. The van der Waals surface area contributed by atoms with Crippen LogP contribution < -0.4 is 14.8 Å². The highest BCUT2D eigenvalue weighted by Crippen LogP contribution is 2.32. The van der Waals surface area contributed by atoms with Gasteiger partial charge in [0.25, 0.3) is 5.91 Å². The topological polar surface area (TPSA) is 65.4 Å². The third-order valence-electron chi connectivity index (χ3n) is 4.23. The first-order valence-electron chi connectivity index (χ1n) is 8.19. The molecule has 0 atom stereocenters. The lowest BCUT2D eigenvalue weighted by atomic mass is 10.2. The Labute approximate surface area is 159 Å². The number of fused-ring (bicyclic) bond motifs is 1. The van der Waals surface area contributed by atoms with E-state index in [0.29, 0.717) is 33.5 Å². The number of anilines is 1. The van der Waals surface area contributed by atoms with Crippen LogP contribution >= 0.6 is 11.6 Å². The number of ether oxygens (including phenoxy) is 2. The van der Waals surface area contributed by atoms with Gasteiger partial charge in [0.05, 0.1) is 6.54 Å². The number of carbonyl (C=O) groups is 1. The summed E-state index contributed by atoms with van der Waals surface area (Å²) in [6.07, 6.45) is 0. The van der Waals surface area contributed by atoms with E-state index in [1.165, 1.54) is 6.07 Å². The van der Waals surface area contributed by atoms with Crippen molar-refractivity contribution in [2.24, 2.45) is 0 Å². The van der Waals surface area contributed by atoms with Gasteiger partial charge in [0, 0.05) is 27.9 Å². The third-order valence-corrected chi connectivity index (χ3v) is 4.58. The summed E-state index contributed by atoms with van der Waals surface area (Å²) >= 11 is 6.08. The molecular weight excluding hydrogens is 373 g/mol. The number of aryl methyl sites for hydroxylation is 1. The highest BCUT2D eigenvalue weighted by Gasteiger charge is 2.17. The summed E-state index contributed by atoms with van der Waals surface area (Å²) in [5.41, 5.74) is 1.53. The largest absolute Gasteiger partial charge is 0.454 e. The molecule has 0 saturated carbocycles. The van der Waals surface area contributed by atoms with Gasteiger partial charge in [-0.3, -0.25) is 9.48 Å². The van der Waals surface area contributed by atoms with E-state index in [0.717, 1.165) is 5.69 Å². The van der Waals surface area contributed by atoms with E-state index in [9.17, 15) is 9.18 Å². The van der Waals surface area contributed by atoms with Gasteiger partial charge >= 0.3 is 0 Å². The average Bonchev–Trinajstić information content (AvgIpc) is 3.24. The van der Waals surface area contributed by atoms with Gasteiger partial charge in [-0.05, 0) is 37.3 Å². The first-order chi connectivity index (χ1) is 13.0. The van der Waals surface area contributed by atoms with Crippen molar-refractivity contribution < 1.29 is 18.7 Å². The lowest BCUT2D eigenvalue weighted by Gasteiger charge is -2.08. The van der Waals surface area contributed by atoms with Crippen molar-refractivity contribution >= 4 is 23.3 Å². The number of carbonyl (C=O) groups excluding carboxylic acids is 1. The molecule has 27 heavy (non-hydrogen) atoms. The van der Waals surface area contributed by atoms with Gasteiger partial charge < -0.3 is 14.8 Å². The number of amides is 1. The van der Waals surface area contributed by atoms with E-state index in [-0.39, 0.29) is 19.2 Å². The monoisotopic (exact) mass is 387 g/mol. The molecule has 0 radical (unpaired) electrons. The van der Waals surface area contributed by atoms with Crippen molar-refractivity contribution in [3.63, 3.8) is 0 Å². The van der Waals surface area contributed by atoms with Crippen molar-refractivity contribution in [2.45, 2.75) is 13.5 Å². The maximum absolute atomic E-state index is 14.0. The number of aromatic nitrogens is 2. The molecule has 0 fully saturated rings. The predicted octanol–water partition coefficient (Wildman–Crippen LogP) is 4.01. The molecule has 2 aromatic carbocycles. The molecule has 0 bridgehead atoms. The number of benzene rings is 2. The Morgan fingerprint density at radius 3 is 2.89 bits per heavy atom. The van der Waals surface area contributed by atoms with Gasteiger partial charge in [-0.1, -0.05) is 17.7 Å². The number of rotatable bonds is 4. The van der Waals surface area contributed by atoms with Gasteiger partial charge in [0.2, 0.25) is 6.79 Å². The van der Waals surface area contributed by atoms with Crippen LogP contribution in [-0.4, -0.2) is 22.5 Å².